The van der Waals surface area contributed by atoms with E-state index in [2.05, 4.69) is 34.2 Å². The first kappa shape index (κ1) is 13.5. The first-order valence-electron chi connectivity index (χ1n) is 5.21. The Morgan fingerprint density at radius 2 is 2.31 bits per heavy atom. The molecule has 0 amide bonds. The lowest BCUT2D eigenvalue weighted by Crippen LogP contribution is -2.27. The van der Waals surface area contributed by atoms with Crippen LogP contribution in [0.5, 0.6) is 0 Å². The highest BCUT2D eigenvalue weighted by Crippen LogP contribution is 2.21. The van der Waals surface area contributed by atoms with Crippen LogP contribution in [0.4, 0.5) is 0 Å². The average Bonchev–Trinajstić information content (AvgIpc) is 2.28. The van der Waals surface area contributed by atoms with Crippen LogP contribution in [0.2, 0.25) is 5.02 Å². The van der Waals surface area contributed by atoms with Crippen LogP contribution in [0.25, 0.3) is 0 Å². The van der Waals surface area contributed by atoms with E-state index in [1.807, 2.05) is 18.2 Å². The van der Waals surface area contributed by atoms with Crippen molar-refractivity contribution in [2.75, 3.05) is 0 Å². The SMILES string of the molecule is CCC(CC#N)NCc1cc(Br)ccc1Cl. The summed E-state index contributed by atoms with van der Waals surface area (Å²) in [7, 11) is 0. The van der Waals surface area contributed by atoms with Crippen LogP contribution in [0.3, 0.4) is 0 Å². The fourth-order valence-corrected chi connectivity index (χ4v) is 2.00. The Morgan fingerprint density at radius 3 is 2.94 bits per heavy atom. The zero-order valence-corrected chi connectivity index (χ0v) is 11.5. The molecule has 16 heavy (non-hydrogen) atoms. The average molecular weight is 302 g/mol. The van der Waals surface area contributed by atoms with Gasteiger partial charge in [-0.1, -0.05) is 34.5 Å². The summed E-state index contributed by atoms with van der Waals surface area (Å²) in [6.45, 7) is 2.76. The summed E-state index contributed by atoms with van der Waals surface area (Å²) in [5, 5.41) is 12.7. The summed E-state index contributed by atoms with van der Waals surface area (Å²) in [4.78, 5) is 0. The van der Waals surface area contributed by atoms with Gasteiger partial charge in [-0.2, -0.15) is 5.26 Å². The van der Waals surface area contributed by atoms with E-state index in [0.717, 1.165) is 21.5 Å². The van der Waals surface area contributed by atoms with Gasteiger partial charge in [0.25, 0.3) is 0 Å². The number of nitriles is 1. The van der Waals surface area contributed by atoms with Gasteiger partial charge in [0.15, 0.2) is 0 Å². The molecule has 0 radical (unpaired) electrons. The molecule has 1 atom stereocenters. The normalized spacial score (nSPS) is 12.1. The number of hydrogen-bond donors (Lipinski definition) is 1. The van der Waals surface area contributed by atoms with Gasteiger partial charge in [-0.3, -0.25) is 0 Å². The number of rotatable bonds is 5. The van der Waals surface area contributed by atoms with E-state index in [9.17, 15) is 0 Å². The first-order valence-corrected chi connectivity index (χ1v) is 6.38. The Hall–Kier alpha value is -0.560. The molecule has 1 aromatic rings. The second kappa shape index (κ2) is 6.90. The third-order valence-electron chi connectivity index (χ3n) is 2.42. The molecular formula is C12H14BrClN2. The molecule has 0 aliphatic rings. The van der Waals surface area contributed by atoms with Gasteiger partial charge in [0.2, 0.25) is 0 Å². The summed E-state index contributed by atoms with van der Waals surface area (Å²) in [5.41, 5.74) is 1.05. The molecule has 4 heteroatoms. The van der Waals surface area contributed by atoms with E-state index >= 15 is 0 Å². The van der Waals surface area contributed by atoms with Crippen molar-refractivity contribution in [2.24, 2.45) is 0 Å². The van der Waals surface area contributed by atoms with Gasteiger partial charge in [-0.25, -0.2) is 0 Å². The quantitative estimate of drug-likeness (QED) is 0.895. The van der Waals surface area contributed by atoms with Crippen molar-refractivity contribution in [2.45, 2.75) is 32.4 Å². The summed E-state index contributed by atoms with van der Waals surface area (Å²) < 4.78 is 1.02. The molecule has 0 heterocycles. The van der Waals surface area contributed by atoms with Crippen LogP contribution in [0, 0.1) is 11.3 Å². The lowest BCUT2D eigenvalue weighted by atomic mass is 10.1. The van der Waals surface area contributed by atoms with E-state index in [4.69, 9.17) is 16.9 Å². The Kier molecular flexibility index (Phi) is 5.83. The van der Waals surface area contributed by atoms with Gasteiger partial charge >= 0.3 is 0 Å². The third-order valence-corrected chi connectivity index (χ3v) is 3.28. The molecule has 86 valence electrons. The standard InChI is InChI=1S/C12H14BrClN2/c1-2-11(5-6-15)16-8-9-7-10(13)3-4-12(9)14/h3-4,7,11,16H,2,5,8H2,1H3. The summed E-state index contributed by atoms with van der Waals surface area (Å²) in [5.74, 6) is 0. The minimum absolute atomic E-state index is 0.236. The molecule has 0 saturated heterocycles. The van der Waals surface area contributed by atoms with Crippen LogP contribution in [-0.2, 0) is 6.54 Å². The summed E-state index contributed by atoms with van der Waals surface area (Å²) >= 11 is 9.49. The second-order valence-electron chi connectivity index (χ2n) is 3.58. The topological polar surface area (TPSA) is 35.8 Å². The predicted octanol–water partition coefficient (Wildman–Crippen LogP) is 3.88. The molecule has 1 aromatic carbocycles. The van der Waals surface area contributed by atoms with Gasteiger partial charge < -0.3 is 5.32 Å². The van der Waals surface area contributed by atoms with Crippen molar-refractivity contribution >= 4 is 27.5 Å². The van der Waals surface area contributed by atoms with Crippen LogP contribution in [0.15, 0.2) is 22.7 Å². The molecule has 0 aliphatic carbocycles. The van der Waals surface area contributed by atoms with E-state index in [-0.39, 0.29) is 6.04 Å². The lowest BCUT2D eigenvalue weighted by Gasteiger charge is -2.14. The van der Waals surface area contributed by atoms with Crippen molar-refractivity contribution in [1.29, 1.82) is 5.26 Å². The molecule has 2 nitrogen and oxygen atoms in total. The Morgan fingerprint density at radius 1 is 1.56 bits per heavy atom. The molecule has 1 N–H and O–H groups in total. The molecule has 0 saturated carbocycles. The van der Waals surface area contributed by atoms with Gasteiger partial charge in [0, 0.05) is 22.1 Å². The maximum Gasteiger partial charge on any atom is 0.0638 e. The van der Waals surface area contributed by atoms with Crippen molar-refractivity contribution in [3.8, 4) is 6.07 Å². The number of nitrogens with zero attached hydrogens (tertiary/aromatic N) is 1. The highest BCUT2D eigenvalue weighted by molar-refractivity contribution is 9.10. The molecule has 0 spiro atoms. The van der Waals surface area contributed by atoms with Crippen LogP contribution in [0.1, 0.15) is 25.3 Å². The van der Waals surface area contributed by atoms with Gasteiger partial charge in [0.05, 0.1) is 12.5 Å². The lowest BCUT2D eigenvalue weighted by molar-refractivity contribution is 0.505. The maximum absolute atomic E-state index is 8.64. The monoisotopic (exact) mass is 300 g/mol. The summed E-state index contributed by atoms with van der Waals surface area (Å²) in [6.07, 6.45) is 1.47. The number of benzene rings is 1. The molecule has 0 aromatic heterocycles. The number of hydrogen-bond acceptors (Lipinski definition) is 2. The predicted molar refractivity (Wildman–Crippen MR) is 70.3 cm³/mol. The smallest absolute Gasteiger partial charge is 0.0638 e. The Balaban J connectivity index is 2.60. The molecule has 1 unspecified atom stereocenters. The van der Waals surface area contributed by atoms with Crippen molar-refractivity contribution < 1.29 is 0 Å². The minimum Gasteiger partial charge on any atom is -0.309 e. The molecule has 0 fully saturated rings. The van der Waals surface area contributed by atoms with E-state index in [0.29, 0.717) is 13.0 Å². The van der Waals surface area contributed by atoms with E-state index in [1.165, 1.54) is 0 Å². The Bertz CT molecular complexity index is 387. The molecular weight excluding hydrogens is 288 g/mol. The van der Waals surface area contributed by atoms with Crippen LogP contribution in [-0.4, -0.2) is 6.04 Å². The van der Waals surface area contributed by atoms with E-state index in [1.54, 1.807) is 0 Å². The third kappa shape index (κ3) is 4.13. The zero-order chi connectivity index (χ0) is 12.0. The van der Waals surface area contributed by atoms with Gasteiger partial charge in [0.1, 0.15) is 0 Å². The van der Waals surface area contributed by atoms with Crippen LogP contribution < -0.4 is 5.32 Å². The summed E-state index contributed by atoms with van der Waals surface area (Å²) in [6, 6.07) is 8.19. The van der Waals surface area contributed by atoms with Crippen molar-refractivity contribution in [3.05, 3.63) is 33.3 Å². The largest absolute Gasteiger partial charge is 0.309 e. The van der Waals surface area contributed by atoms with Crippen LogP contribution >= 0.6 is 27.5 Å². The number of halogens is 2. The van der Waals surface area contributed by atoms with E-state index < -0.39 is 0 Å². The fourth-order valence-electron chi connectivity index (χ4n) is 1.40. The minimum atomic E-state index is 0.236. The van der Waals surface area contributed by atoms with Crippen molar-refractivity contribution in [3.63, 3.8) is 0 Å². The first-order chi connectivity index (χ1) is 7.67. The highest BCUT2D eigenvalue weighted by Gasteiger charge is 2.06. The van der Waals surface area contributed by atoms with Crippen molar-refractivity contribution in [1.82, 2.24) is 5.32 Å². The van der Waals surface area contributed by atoms with Gasteiger partial charge in [-0.05, 0) is 30.2 Å². The molecule has 0 aliphatic heterocycles. The fraction of sp³-hybridized carbons (Fsp3) is 0.417. The second-order valence-corrected chi connectivity index (χ2v) is 4.91. The van der Waals surface area contributed by atoms with Gasteiger partial charge in [-0.15, -0.1) is 0 Å². The molecule has 1 rings (SSSR count). The maximum atomic E-state index is 8.64. The zero-order valence-electron chi connectivity index (χ0n) is 9.13. The number of nitrogens with one attached hydrogen (secondary N) is 1. The Labute approximate surface area is 110 Å². The highest BCUT2D eigenvalue weighted by atomic mass is 79.9. The molecule has 0 bridgehead atoms.